The summed E-state index contributed by atoms with van der Waals surface area (Å²) in [6.45, 7) is 8.91. The van der Waals surface area contributed by atoms with E-state index in [0.29, 0.717) is 11.7 Å². The highest BCUT2D eigenvalue weighted by atomic mass is 16.3. The smallest absolute Gasteiger partial charge is 0.119 e. The fourth-order valence-electron chi connectivity index (χ4n) is 3.23. The van der Waals surface area contributed by atoms with Gasteiger partial charge >= 0.3 is 0 Å². The van der Waals surface area contributed by atoms with E-state index >= 15 is 0 Å². The molecule has 21 heavy (non-hydrogen) atoms. The van der Waals surface area contributed by atoms with Gasteiger partial charge in [0, 0.05) is 11.0 Å². The number of phenolic OH excluding ortho intramolecular Hbond substituents is 1. The first-order chi connectivity index (χ1) is 9.98. The summed E-state index contributed by atoms with van der Waals surface area (Å²) >= 11 is 0. The van der Waals surface area contributed by atoms with Crippen LogP contribution in [0.2, 0.25) is 0 Å². The number of hydrogen-bond donors (Lipinski definition) is 1. The molecule has 1 atom stereocenters. The molecule has 0 aliphatic rings. The van der Waals surface area contributed by atoms with E-state index in [4.69, 9.17) is 0 Å². The van der Waals surface area contributed by atoms with Crippen LogP contribution in [0, 0.1) is 0 Å². The first-order valence-corrected chi connectivity index (χ1v) is 7.86. The molecule has 1 N–H and O–H groups in total. The number of rotatable bonds is 5. The highest BCUT2D eigenvalue weighted by molar-refractivity contribution is 5.48. The molecule has 0 saturated heterocycles. The van der Waals surface area contributed by atoms with Crippen molar-refractivity contribution in [1.29, 1.82) is 0 Å². The van der Waals surface area contributed by atoms with Crippen molar-refractivity contribution in [1.82, 2.24) is 0 Å². The summed E-state index contributed by atoms with van der Waals surface area (Å²) in [7, 11) is 0. The Morgan fingerprint density at radius 2 is 1.52 bits per heavy atom. The average Bonchev–Trinajstić information content (AvgIpc) is 2.48. The topological polar surface area (TPSA) is 20.2 Å². The molecule has 2 rings (SSSR count). The molecule has 0 aromatic heterocycles. The number of aromatic hydroxyl groups is 1. The summed E-state index contributed by atoms with van der Waals surface area (Å²) in [5.74, 6) is 0.914. The van der Waals surface area contributed by atoms with E-state index in [1.54, 1.807) is 6.07 Å². The van der Waals surface area contributed by atoms with Crippen molar-refractivity contribution in [2.24, 2.45) is 0 Å². The van der Waals surface area contributed by atoms with Crippen LogP contribution < -0.4 is 0 Å². The third-order valence-electron chi connectivity index (χ3n) is 4.46. The van der Waals surface area contributed by atoms with Crippen LogP contribution >= 0.6 is 0 Å². The van der Waals surface area contributed by atoms with E-state index in [0.717, 1.165) is 5.56 Å². The van der Waals surface area contributed by atoms with Crippen LogP contribution in [0.1, 0.15) is 63.1 Å². The fourth-order valence-corrected chi connectivity index (χ4v) is 3.23. The maximum atomic E-state index is 10.2. The minimum atomic E-state index is -0.204. The molecular weight excluding hydrogens is 256 g/mol. The van der Waals surface area contributed by atoms with Gasteiger partial charge in [-0.2, -0.15) is 0 Å². The second-order valence-corrected chi connectivity index (χ2v) is 6.42. The van der Waals surface area contributed by atoms with Gasteiger partial charge in [-0.25, -0.2) is 0 Å². The van der Waals surface area contributed by atoms with Crippen LogP contribution in [0.4, 0.5) is 0 Å². The van der Waals surface area contributed by atoms with Gasteiger partial charge in [0.15, 0.2) is 0 Å². The van der Waals surface area contributed by atoms with Crippen molar-refractivity contribution in [3.8, 4) is 5.75 Å². The van der Waals surface area contributed by atoms with Crippen LogP contribution in [0.3, 0.4) is 0 Å². The zero-order valence-electron chi connectivity index (χ0n) is 13.6. The summed E-state index contributed by atoms with van der Waals surface area (Å²) < 4.78 is 0. The molecule has 112 valence electrons. The Morgan fingerprint density at radius 3 is 2.14 bits per heavy atom. The normalized spacial score (nSPS) is 13.1. The Balaban J connectivity index is 2.53. The molecule has 0 aliphatic carbocycles. The highest BCUT2D eigenvalue weighted by Crippen LogP contribution is 2.40. The van der Waals surface area contributed by atoms with E-state index in [2.05, 4.69) is 52.0 Å². The largest absolute Gasteiger partial charge is 0.508 e. The van der Waals surface area contributed by atoms with Gasteiger partial charge in [0.1, 0.15) is 5.75 Å². The van der Waals surface area contributed by atoms with Crippen molar-refractivity contribution in [2.45, 2.75) is 51.9 Å². The molecule has 0 spiro atoms. The first-order valence-electron chi connectivity index (χ1n) is 7.86. The quantitative estimate of drug-likeness (QED) is 0.754. The maximum absolute atomic E-state index is 10.2. The van der Waals surface area contributed by atoms with Crippen molar-refractivity contribution < 1.29 is 5.11 Å². The molecule has 0 amide bonds. The van der Waals surface area contributed by atoms with E-state index in [9.17, 15) is 5.11 Å². The summed E-state index contributed by atoms with van der Waals surface area (Å²) in [4.78, 5) is 0. The van der Waals surface area contributed by atoms with E-state index in [1.807, 2.05) is 18.2 Å². The van der Waals surface area contributed by atoms with Gasteiger partial charge in [0.2, 0.25) is 0 Å². The average molecular weight is 282 g/mol. The fraction of sp³-hybridized carbons (Fsp3) is 0.400. The summed E-state index contributed by atoms with van der Waals surface area (Å²) in [6.07, 6.45) is 2.38. The number of benzene rings is 2. The van der Waals surface area contributed by atoms with Gasteiger partial charge in [-0.1, -0.05) is 76.6 Å². The molecular formula is C20H26O. The number of hydrogen-bond acceptors (Lipinski definition) is 1. The Bertz CT molecular complexity index is 598. The molecule has 0 fully saturated rings. The van der Waals surface area contributed by atoms with E-state index in [1.165, 1.54) is 24.0 Å². The van der Waals surface area contributed by atoms with Gasteiger partial charge in [0.05, 0.1) is 0 Å². The number of phenols is 1. The van der Waals surface area contributed by atoms with E-state index in [-0.39, 0.29) is 5.41 Å². The second-order valence-electron chi connectivity index (χ2n) is 6.42. The third-order valence-corrected chi connectivity index (χ3v) is 4.46. The Hall–Kier alpha value is -1.76. The monoisotopic (exact) mass is 282 g/mol. The summed E-state index contributed by atoms with van der Waals surface area (Å²) in [5, 5.41) is 10.2. The molecule has 2 aromatic rings. The molecule has 0 aliphatic heterocycles. The highest BCUT2D eigenvalue weighted by Gasteiger charge is 2.29. The summed E-state index contributed by atoms with van der Waals surface area (Å²) in [5.41, 5.74) is 3.49. The maximum Gasteiger partial charge on any atom is 0.119 e. The van der Waals surface area contributed by atoms with Gasteiger partial charge in [0.25, 0.3) is 0 Å². The molecule has 1 nitrogen and oxygen atoms in total. The van der Waals surface area contributed by atoms with Gasteiger partial charge < -0.3 is 5.11 Å². The zero-order valence-corrected chi connectivity index (χ0v) is 13.6. The van der Waals surface area contributed by atoms with Crippen molar-refractivity contribution in [2.75, 3.05) is 0 Å². The SMILES string of the molecule is CCCC(C)c1ccccc1C(C)(C)c1ccccc1O. The molecule has 1 heteroatoms. The first kappa shape index (κ1) is 15.6. The zero-order chi connectivity index (χ0) is 15.5. The van der Waals surface area contributed by atoms with Crippen molar-refractivity contribution in [3.63, 3.8) is 0 Å². The lowest BCUT2D eigenvalue weighted by molar-refractivity contribution is 0.452. The predicted molar refractivity (Wildman–Crippen MR) is 90.0 cm³/mol. The van der Waals surface area contributed by atoms with Crippen LogP contribution in [0.15, 0.2) is 48.5 Å². The lowest BCUT2D eigenvalue weighted by atomic mass is 9.73. The van der Waals surface area contributed by atoms with Crippen LogP contribution in [0.5, 0.6) is 5.75 Å². The lowest BCUT2D eigenvalue weighted by Gasteiger charge is -2.31. The Labute approximate surface area is 128 Å². The Kier molecular flexibility index (Phi) is 4.72. The predicted octanol–water partition coefficient (Wildman–Crippen LogP) is 5.62. The van der Waals surface area contributed by atoms with E-state index < -0.39 is 0 Å². The van der Waals surface area contributed by atoms with Crippen LogP contribution in [0.25, 0.3) is 0 Å². The van der Waals surface area contributed by atoms with Crippen LogP contribution in [-0.2, 0) is 5.41 Å². The standard InChI is InChI=1S/C20H26O/c1-5-10-15(2)16-11-6-7-12-17(16)20(3,4)18-13-8-9-14-19(18)21/h6-9,11-15,21H,5,10H2,1-4H3. The molecule has 0 bridgehead atoms. The second kappa shape index (κ2) is 6.34. The molecule has 0 heterocycles. The number of para-hydroxylation sites is 1. The molecule has 0 saturated carbocycles. The lowest BCUT2D eigenvalue weighted by Crippen LogP contribution is -2.21. The van der Waals surface area contributed by atoms with Gasteiger partial charge in [-0.3, -0.25) is 0 Å². The van der Waals surface area contributed by atoms with Crippen molar-refractivity contribution >= 4 is 0 Å². The minimum Gasteiger partial charge on any atom is -0.508 e. The van der Waals surface area contributed by atoms with Crippen LogP contribution in [-0.4, -0.2) is 5.11 Å². The minimum absolute atomic E-state index is 0.204. The van der Waals surface area contributed by atoms with Gasteiger partial charge in [-0.05, 0) is 29.5 Å². The molecule has 2 aromatic carbocycles. The molecule has 0 radical (unpaired) electrons. The third kappa shape index (κ3) is 3.12. The van der Waals surface area contributed by atoms with Gasteiger partial charge in [-0.15, -0.1) is 0 Å². The molecule has 1 unspecified atom stereocenters. The summed E-state index contributed by atoms with van der Waals surface area (Å²) in [6, 6.07) is 16.3. The van der Waals surface area contributed by atoms with Crippen molar-refractivity contribution in [3.05, 3.63) is 65.2 Å². The Morgan fingerprint density at radius 1 is 0.952 bits per heavy atom.